The first-order chi connectivity index (χ1) is 16.6. The topological polar surface area (TPSA) is 159 Å². The molecular formula is C21H18F2N6O5S. The summed E-state index contributed by atoms with van der Waals surface area (Å²) in [6.07, 6.45) is -1.34. The molecule has 0 aromatic carbocycles. The summed E-state index contributed by atoms with van der Waals surface area (Å²) in [6.45, 7) is 3.25. The van der Waals surface area contributed by atoms with Gasteiger partial charge in [-0.05, 0) is 36.5 Å². The number of nitrogens with two attached hydrogens (primary N) is 1. The lowest BCUT2D eigenvalue weighted by atomic mass is 10.1. The van der Waals surface area contributed by atoms with Gasteiger partial charge in [0.05, 0.1) is 28.8 Å². The molecule has 0 fully saturated rings. The molecule has 11 nitrogen and oxygen atoms in total. The Morgan fingerprint density at radius 3 is 2.66 bits per heavy atom. The molecule has 0 saturated carbocycles. The third-order valence-electron chi connectivity index (χ3n) is 5.25. The molecule has 0 spiro atoms. The van der Waals surface area contributed by atoms with Gasteiger partial charge in [-0.1, -0.05) is 6.92 Å². The number of aryl methyl sites for hydroxylation is 1. The number of nitro groups is 1. The summed E-state index contributed by atoms with van der Waals surface area (Å²) in [5.74, 6) is -1.74. The minimum absolute atomic E-state index is 0.0139. The van der Waals surface area contributed by atoms with E-state index in [-0.39, 0.29) is 38.5 Å². The quantitative estimate of drug-likeness (QED) is 0.262. The predicted molar refractivity (Wildman–Crippen MR) is 122 cm³/mol. The smallest absolute Gasteiger partial charge is 0.390 e. The van der Waals surface area contributed by atoms with Crippen LogP contribution in [0.15, 0.2) is 34.9 Å². The van der Waals surface area contributed by atoms with E-state index in [0.29, 0.717) is 5.69 Å². The number of fused-ring (bicyclic) bond motifs is 1. The van der Waals surface area contributed by atoms with Crippen molar-refractivity contribution in [2.75, 3.05) is 5.32 Å². The summed E-state index contributed by atoms with van der Waals surface area (Å²) in [5.41, 5.74) is 5.55. The molecule has 182 valence electrons. The lowest BCUT2D eigenvalue weighted by Crippen LogP contribution is -2.28. The second-order valence-electron chi connectivity index (χ2n) is 7.48. The highest BCUT2D eigenvalue weighted by Crippen LogP contribution is 2.43. The number of primary amides is 1. The first kappa shape index (κ1) is 23.9. The van der Waals surface area contributed by atoms with Crippen LogP contribution in [0.3, 0.4) is 0 Å². The zero-order chi connectivity index (χ0) is 25.4. The van der Waals surface area contributed by atoms with Gasteiger partial charge in [0, 0.05) is 10.9 Å². The van der Waals surface area contributed by atoms with Crippen molar-refractivity contribution in [3.8, 4) is 11.3 Å². The molecule has 35 heavy (non-hydrogen) atoms. The van der Waals surface area contributed by atoms with E-state index in [4.69, 9.17) is 10.2 Å². The Labute approximate surface area is 199 Å². The van der Waals surface area contributed by atoms with Crippen LogP contribution < -0.4 is 11.1 Å². The van der Waals surface area contributed by atoms with Crippen LogP contribution in [0.4, 0.5) is 20.3 Å². The van der Waals surface area contributed by atoms with E-state index in [0.717, 1.165) is 17.4 Å². The first-order valence-electron chi connectivity index (χ1n) is 10.2. The molecule has 3 N–H and O–H groups in total. The van der Waals surface area contributed by atoms with Gasteiger partial charge >= 0.3 is 5.82 Å². The number of hydrogen-bond acceptors (Lipinski definition) is 8. The van der Waals surface area contributed by atoms with E-state index < -0.39 is 40.7 Å². The fourth-order valence-corrected chi connectivity index (χ4v) is 4.71. The fraction of sp³-hybridized carbons (Fsp3) is 0.238. The van der Waals surface area contributed by atoms with Crippen LogP contribution in [0.2, 0.25) is 0 Å². The molecular weight excluding hydrogens is 486 g/mol. The Balaban J connectivity index is 1.86. The number of furan rings is 1. The van der Waals surface area contributed by atoms with Crippen LogP contribution >= 0.6 is 11.3 Å². The highest BCUT2D eigenvalue weighted by atomic mass is 32.1. The maximum atomic E-state index is 13.5. The average molecular weight is 504 g/mol. The van der Waals surface area contributed by atoms with Gasteiger partial charge < -0.3 is 25.6 Å². The minimum Gasteiger partial charge on any atom is -0.464 e. The summed E-state index contributed by atoms with van der Waals surface area (Å²) in [5, 5.41) is 17.9. The number of alkyl halides is 2. The van der Waals surface area contributed by atoms with Crippen molar-refractivity contribution < 1.29 is 27.7 Å². The van der Waals surface area contributed by atoms with Gasteiger partial charge in [-0.15, -0.1) is 11.3 Å². The molecule has 4 rings (SSSR count). The highest BCUT2D eigenvalue weighted by Gasteiger charge is 2.31. The van der Waals surface area contributed by atoms with Gasteiger partial charge in [0.25, 0.3) is 18.2 Å². The van der Waals surface area contributed by atoms with Gasteiger partial charge in [0.2, 0.25) is 0 Å². The maximum Gasteiger partial charge on any atom is 0.390 e. The molecule has 2 amide bonds. The first-order valence-corrected chi connectivity index (χ1v) is 11.0. The Bertz CT molecular complexity index is 1450. The van der Waals surface area contributed by atoms with E-state index in [1.807, 2.05) is 0 Å². The molecule has 1 unspecified atom stereocenters. The number of halogens is 2. The van der Waals surface area contributed by atoms with Crippen molar-refractivity contribution in [2.45, 2.75) is 32.7 Å². The molecule has 14 heteroatoms. The Kier molecular flexibility index (Phi) is 6.30. The monoisotopic (exact) mass is 504 g/mol. The number of carbonyl (C=O) groups is 2. The normalized spacial score (nSPS) is 12.3. The number of anilines is 1. The number of nitrogens with zero attached hydrogens (tertiary/aromatic N) is 4. The van der Waals surface area contributed by atoms with E-state index in [1.54, 1.807) is 19.9 Å². The number of nitrogens with one attached hydrogen (secondary N) is 1. The zero-order valence-corrected chi connectivity index (χ0v) is 19.1. The van der Waals surface area contributed by atoms with E-state index >= 15 is 0 Å². The van der Waals surface area contributed by atoms with Gasteiger partial charge in [-0.3, -0.25) is 9.59 Å². The van der Waals surface area contributed by atoms with E-state index in [1.165, 1.54) is 23.1 Å². The van der Waals surface area contributed by atoms with Gasteiger partial charge in [-0.2, -0.15) is 4.68 Å². The van der Waals surface area contributed by atoms with Crippen molar-refractivity contribution in [1.82, 2.24) is 14.8 Å². The lowest BCUT2D eigenvalue weighted by Gasteiger charge is -2.15. The molecule has 0 aliphatic heterocycles. The van der Waals surface area contributed by atoms with Crippen LogP contribution in [0.1, 0.15) is 46.9 Å². The van der Waals surface area contributed by atoms with Crippen molar-refractivity contribution in [2.24, 2.45) is 5.73 Å². The van der Waals surface area contributed by atoms with Crippen LogP contribution in [-0.4, -0.2) is 31.5 Å². The average Bonchev–Trinajstić information content (AvgIpc) is 3.53. The van der Waals surface area contributed by atoms with E-state index in [9.17, 15) is 28.5 Å². The third-order valence-corrected chi connectivity index (χ3v) is 6.34. The second-order valence-corrected chi connectivity index (χ2v) is 8.48. The van der Waals surface area contributed by atoms with Crippen molar-refractivity contribution in [1.29, 1.82) is 0 Å². The van der Waals surface area contributed by atoms with Crippen LogP contribution in [0, 0.1) is 17.0 Å². The summed E-state index contributed by atoms with van der Waals surface area (Å²) in [4.78, 5) is 39.9. The molecule has 0 bridgehead atoms. The molecule has 0 aliphatic rings. The number of carbonyl (C=O) groups excluding carboxylic acids is 2. The standard InChI is InChI=1S/C21H18F2N6O5S/c1-3-12(28-9(2)7-14(27-28)29(32)33)20(31)26-16-15-10(13-5-4-6-34-13)8-11(18(22)23)25-21(15)35-17(16)19(24)30/h4-8,12,18H,3H2,1-2H3,(H2,24,30)(H,26,31). The number of amides is 2. The molecule has 4 aromatic rings. The second kappa shape index (κ2) is 9.21. The van der Waals surface area contributed by atoms with Gasteiger partial charge in [-0.25, -0.2) is 13.8 Å². The number of thiophene rings is 1. The predicted octanol–water partition coefficient (Wildman–Crippen LogP) is 4.60. The van der Waals surface area contributed by atoms with Gasteiger partial charge in [0.1, 0.15) is 21.2 Å². The Morgan fingerprint density at radius 1 is 1.37 bits per heavy atom. The number of aromatic nitrogens is 3. The highest BCUT2D eigenvalue weighted by molar-refractivity contribution is 7.21. The number of hydrogen-bond donors (Lipinski definition) is 2. The molecule has 1 atom stereocenters. The van der Waals surface area contributed by atoms with Crippen molar-refractivity contribution in [3.63, 3.8) is 0 Å². The lowest BCUT2D eigenvalue weighted by molar-refractivity contribution is -0.389. The molecule has 0 radical (unpaired) electrons. The minimum atomic E-state index is -2.90. The Morgan fingerprint density at radius 2 is 2.11 bits per heavy atom. The third kappa shape index (κ3) is 4.35. The molecule has 0 saturated heterocycles. The number of pyridine rings is 1. The molecule has 0 aliphatic carbocycles. The SMILES string of the molecule is CCC(C(=O)Nc1c(C(N)=O)sc2nc(C(F)F)cc(-c3ccco3)c12)n1nc([N+](=O)[O-])cc1C. The van der Waals surface area contributed by atoms with Crippen molar-refractivity contribution >= 4 is 44.9 Å². The summed E-state index contributed by atoms with van der Waals surface area (Å²) >= 11 is 0.756. The maximum absolute atomic E-state index is 13.5. The Hall–Kier alpha value is -4.20. The zero-order valence-electron chi connectivity index (χ0n) is 18.3. The molecule has 4 aromatic heterocycles. The van der Waals surface area contributed by atoms with Crippen molar-refractivity contribution in [3.05, 3.63) is 56.9 Å². The largest absolute Gasteiger partial charge is 0.464 e. The van der Waals surface area contributed by atoms with Crippen LogP contribution in [0.5, 0.6) is 0 Å². The summed E-state index contributed by atoms with van der Waals surface area (Å²) in [6, 6.07) is 4.48. The summed E-state index contributed by atoms with van der Waals surface area (Å²) < 4.78 is 33.7. The number of rotatable bonds is 8. The molecule has 4 heterocycles. The van der Waals surface area contributed by atoms with Crippen LogP contribution in [0.25, 0.3) is 21.5 Å². The van der Waals surface area contributed by atoms with Crippen LogP contribution in [-0.2, 0) is 4.79 Å². The fourth-order valence-electron chi connectivity index (χ4n) is 3.70. The van der Waals surface area contributed by atoms with Gasteiger partial charge in [0.15, 0.2) is 6.04 Å². The van der Waals surface area contributed by atoms with E-state index in [2.05, 4.69) is 15.4 Å². The summed E-state index contributed by atoms with van der Waals surface area (Å²) in [7, 11) is 0.